The number of nitrogens with one attached hydrogen (secondary N) is 1. The molecule has 5 nitrogen and oxygen atoms in total. The van der Waals surface area contributed by atoms with E-state index in [2.05, 4.69) is 32.6 Å². The molecule has 3 N–H and O–H groups in total. The monoisotopic (exact) mass is 363 g/mol. The first-order valence-electron chi connectivity index (χ1n) is 6.88. The molecule has 7 heteroatoms. The van der Waals surface area contributed by atoms with E-state index in [9.17, 15) is 8.42 Å². The third-order valence-electron chi connectivity index (χ3n) is 2.96. The SMILES string of the molecule is CCCCCCCCNS(=O)(=O)c1cc(Br)cnc1N. The molecule has 0 atom stereocenters. The minimum Gasteiger partial charge on any atom is -0.383 e. The quantitative estimate of drug-likeness (QED) is 0.660. The van der Waals surface area contributed by atoms with E-state index in [-0.39, 0.29) is 10.7 Å². The number of unbranched alkanes of at least 4 members (excludes halogenated alkanes) is 5. The maximum absolute atomic E-state index is 12.1. The van der Waals surface area contributed by atoms with Gasteiger partial charge in [-0.15, -0.1) is 0 Å². The van der Waals surface area contributed by atoms with Gasteiger partial charge < -0.3 is 5.73 Å². The van der Waals surface area contributed by atoms with Crippen molar-refractivity contribution in [3.05, 3.63) is 16.7 Å². The zero-order valence-electron chi connectivity index (χ0n) is 11.7. The minimum atomic E-state index is -3.58. The van der Waals surface area contributed by atoms with Crippen LogP contribution in [0.4, 0.5) is 5.82 Å². The first-order valence-corrected chi connectivity index (χ1v) is 9.15. The van der Waals surface area contributed by atoms with Crippen molar-refractivity contribution in [2.24, 2.45) is 0 Å². The van der Waals surface area contributed by atoms with Crippen LogP contribution in [0.25, 0.3) is 0 Å². The molecule has 0 saturated carbocycles. The maximum Gasteiger partial charge on any atom is 0.244 e. The summed E-state index contributed by atoms with van der Waals surface area (Å²) in [6.45, 7) is 2.60. The Bertz CT molecular complexity index is 520. The van der Waals surface area contributed by atoms with Crippen molar-refractivity contribution in [1.82, 2.24) is 9.71 Å². The van der Waals surface area contributed by atoms with Crippen LogP contribution in [0, 0.1) is 0 Å². The normalized spacial score (nSPS) is 11.7. The highest BCUT2D eigenvalue weighted by atomic mass is 79.9. The molecule has 1 heterocycles. The molecule has 0 aliphatic rings. The van der Waals surface area contributed by atoms with Crippen molar-refractivity contribution < 1.29 is 8.42 Å². The topological polar surface area (TPSA) is 85.1 Å². The Morgan fingerprint density at radius 3 is 2.60 bits per heavy atom. The first kappa shape index (κ1) is 17.4. The zero-order chi connectivity index (χ0) is 15.0. The molecule has 0 aromatic carbocycles. The Morgan fingerprint density at radius 2 is 1.90 bits per heavy atom. The summed E-state index contributed by atoms with van der Waals surface area (Å²) >= 11 is 3.20. The second-order valence-electron chi connectivity index (χ2n) is 4.70. The van der Waals surface area contributed by atoms with Crippen LogP contribution in [0.5, 0.6) is 0 Å². The van der Waals surface area contributed by atoms with Gasteiger partial charge in [-0.2, -0.15) is 0 Å². The van der Waals surface area contributed by atoms with Gasteiger partial charge in [-0.05, 0) is 28.4 Å². The molecule has 0 saturated heterocycles. The fourth-order valence-electron chi connectivity index (χ4n) is 1.84. The molecular weight excluding hydrogens is 342 g/mol. The number of rotatable bonds is 9. The number of hydrogen-bond acceptors (Lipinski definition) is 4. The van der Waals surface area contributed by atoms with Gasteiger partial charge in [0.15, 0.2) is 0 Å². The Kier molecular flexibility index (Phi) is 7.47. The molecule has 0 unspecified atom stereocenters. The summed E-state index contributed by atoms with van der Waals surface area (Å²) < 4.78 is 27.3. The first-order chi connectivity index (χ1) is 9.47. The average molecular weight is 364 g/mol. The van der Waals surface area contributed by atoms with Crippen molar-refractivity contribution >= 4 is 31.8 Å². The molecule has 0 radical (unpaired) electrons. The van der Waals surface area contributed by atoms with Gasteiger partial charge in [0, 0.05) is 17.2 Å². The van der Waals surface area contributed by atoms with Gasteiger partial charge >= 0.3 is 0 Å². The molecule has 0 aliphatic carbocycles. The third-order valence-corrected chi connectivity index (χ3v) is 4.88. The van der Waals surface area contributed by atoms with Crippen LogP contribution in [-0.4, -0.2) is 19.9 Å². The number of pyridine rings is 1. The van der Waals surface area contributed by atoms with Crippen LogP contribution in [0.2, 0.25) is 0 Å². The van der Waals surface area contributed by atoms with Crippen molar-refractivity contribution in [3.63, 3.8) is 0 Å². The molecule has 1 aromatic rings. The lowest BCUT2D eigenvalue weighted by molar-refractivity contribution is 0.567. The summed E-state index contributed by atoms with van der Waals surface area (Å²) in [6.07, 6.45) is 8.16. The number of halogens is 1. The zero-order valence-corrected chi connectivity index (χ0v) is 14.1. The van der Waals surface area contributed by atoms with E-state index in [1.807, 2.05) is 0 Å². The van der Waals surface area contributed by atoms with E-state index >= 15 is 0 Å². The summed E-state index contributed by atoms with van der Waals surface area (Å²) in [5.74, 6) is 0.0173. The smallest absolute Gasteiger partial charge is 0.244 e. The van der Waals surface area contributed by atoms with Gasteiger partial charge in [0.1, 0.15) is 10.7 Å². The van der Waals surface area contributed by atoms with Gasteiger partial charge in [0.05, 0.1) is 0 Å². The number of nitrogens with two attached hydrogens (primary N) is 1. The van der Waals surface area contributed by atoms with Gasteiger partial charge in [-0.3, -0.25) is 0 Å². The summed E-state index contributed by atoms with van der Waals surface area (Å²) in [7, 11) is -3.58. The minimum absolute atomic E-state index is 0.0173. The molecule has 1 rings (SSSR count). The van der Waals surface area contributed by atoms with E-state index in [0.29, 0.717) is 11.0 Å². The van der Waals surface area contributed by atoms with Crippen LogP contribution in [-0.2, 0) is 10.0 Å². The van der Waals surface area contributed by atoms with E-state index in [1.54, 1.807) is 0 Å². The molecule has 20 heavy (non-hydrogen) atoms. The summed E-state index contributed by atoms with van der Waals surface area (Å²) in [5, 5.41) is 0. The van der Waals surface area contributed by atoms with E-state index in [4.69, 9.17) is 5.73 Å². The molecule has 0 amide bonds. The van der Waals surface area contributed by atoms with Crippen LogP contribution >= 0.6 is 15.9 Å². The van der Waals surface area contributed by atoms with E-state index in [0.717, 1.165) is 19.3 Å². The van der Waals surface area contributed by atoms with E-state index in [1.165, 1.54) is 31.5 Å². The van der Waals surface area contributed by atoms with Crippen molar-refractivity contribution in [2.45, 2.75) is 50.3 Å². The van der Waals surface area contributed by atoms with Crippen LogP contribution in [0.15, 0.2) is 21.6 Å². The molecule has 0 bridgehead atoms. The standard InChI is InChI=1S/C13H22BrN3O2S/c1-2-3-4-5-6-7-8-17-20(18,19)12-9-11(14)10-16-13(12)15/h9-10,17H,2-8H2,1H3,(H2,15,16). The number of sulfonamides is 1. The number of nitrogens with zero attached hydrogens (tertiary/aromatic N) is 1. The van der Waals surface area contributed by atoms with Gasteiger partial charge in [0.2, 0.25) is 10.0 Å². The molecular formula is C13H22BrN3O2S. The highest BCUT2D eigenvalue weighted by Gasteiger charge is 2.18. The second kappa shape index (κ2) is 8.59. The van der Waals surface area contributed by atoms with Crippen LogP contribution in [0.3, 0.4) is 0 Å². The van der Waals surface area contributed by atoms with Gasteiger partial charge in [-0.1, -0.05) is 39.0 Å². The summed E-state index contributed by atoms with van der Waals surface area (Å²) in [5.41, 5.74) is 5.61. The summed E-state index contributed by atoms with van der Waals surface area (Å²) in [6, 6.07) is 1.46. The number of anilines is 1. The lowest BCUT2D eigenvalue weighted by atomic mass is 10.1. The third kappa shape index (κ3) is 5.76. The Hall–Kier alpha value is -0.660. The Balaban J connectivity index is 2.44. The fourth-order valence-corrected chi connectivity index (χ4v) is 3.50. The predicted octanol–water partition coefficient (Wildman–Crippen LogP) is 3.07. The largest absolute Gasteiger partial charge is 0.383 e. The molecule has 0 spiro atoms. The fraction of sp³-hybridized carbons (Fsp3) is 0.615. The van der Waals surface area contributed by atoms with E-state index < -0.39 is 10.0 Å². The average Bonchev–Trinajstić information content (AvgIpc) is 2.40. The Labute approximate surface area is 129 Å². The molecule has 0 aliphatic heterocycles. The molecule has 1 aromatic heterocycles. The molecule has 0 fully saturated rings. The van der Waals surface area contributed by atoms with Gasteiger partial charge in [-0.25, -0.2) is 18.1 Å². The second-order valence-corrected chi connectivity index (χ2v) is 7.35. The lowest BCUT2D eigenvalue weighted by Gasteiger charge is -2.08. The van der Waals surface area contributed by atoms with Crippen LogP contribution in [0.1, 0.15) is 45.4 Å². The number of hydrogen-bond donors (Lipinski definition) is 2. The van der Waals surface area contributed by atoms with Crippen molar-refractivity contribution in [2.75, 3.05) is 12.3 Å². The number of nitrogen functional groups attached to an aromatic ring is 1. The van der Waals surface area contributed by atoms with Crippen LogP contribution < -0.4 is 10.5 Å². The predicted molar refractivity (Wildman–Crippen MR) is 84.9 cm³/mol. The molecule has 114 valence electrons. The maximum atomic E-state index is 12.1. The Morgan fingerprint density at radius 1 is 1.25 bits per heavy atom. The summed E-state index contributed by atoms with van der Waals surface area (Å²) in [4.78, 5) is 3.86. The van der Waals surface area contributed by atoms with Crippen molar-refractivity contribution in [3.8, 4) is 0 Å². The lowest BCUT2D eigenvalue weighted by Crippen LogP contribution is -2.26. The highest BCUT2D eigenvalue weighted by Crippen LogP contribution is 2.20. The number of aromatic nitrogens is 1. The highest BCUT2D eigenvalue weighted by molar-refractivity contribution is 9.10. The van der Waals surface area contributed by atoms with Crippen molar-refractivity contribution in [1.29, 1.82) is 0 Å². The van der Waals surface area contributed by atoms with Gasteiger partial charge in [0.25, 0.3) is 0 Å².